The molecule has 7 heteroatoms. The quantitative estimate of drug-likeness (QED) is 0.632. The highest BCUT2D eigenvalue weighted by Gasteiger charge is 2.26. The van der Waals surface area contributed by atoms with Crippen molar-refractivity contribution in [1.29, 1.82) is 0 Å². The van der Waals surface area contributed by atoms with Gasteiger partial charge < -0.3 is 4.90 Å². The second-order valence-electron chi connectivity index (χ2n) is 6.74. The number of carbonyl (C=O) groups is 1. The molecule has 2 aromatic carbocycles. The molecule has 28 heavy (non-hydrogen) atoms. The Kier molecular flexibility index (Phi) is 7.63. The lowest BCUT2D eigenvalue weighted by atomic mass is 10.1. The van der Waals surface area contributed by atoms with Gasteiger partial charge in [0.1, 0.15) is 0 Å². The molecular formula is C21H27ClN2O3S. The molecule has 0 atom stereocenters. The molecule has 1 amide bonds. The Balaban J connectivity index is 2.43. The Morgan fingerprint density at radius 3 is 2.18 bits per heavy atom. The minimum Gasteiger partial charge on any atom is -0.332 e. The van der Waals surface area contributed by atoms with E-state index in [9.17, 15) is 13.2 Å². The first kappa shape index (κ1) is 22.4. The highest BCUT2D eigenvalue weighted by atomic mass is 35.5. The van der Waals surface area contributed by atoms with Crippen molar-refractivity contribution in [3.05, 3.63) is 64.7 Å². The van der Waals surface area contributed by atoms with E-state index in [0.29, 0.717) is 19.6 Å². The van der Waals surface area contributed by atoms with Crippen LogP contribution >= 0.6 is 11.6 Å². The summed E-state index contributed by atoms with van der Waals surface area (Å²) in [6.07, 6.45) is 0. The maximum Gasteiger partial charge on any atom is 0.255 e. The number of sulfonamides is 1. The summed E-state index contributed by atoms with van der Waals surface area (Å²) in [6, 6.07) is 13.9. The zero-order valence-electron chi connectivity index (χ0n) is 16.7. The number of rotatable bonds is 8. The topological polar surface area (TPSA) is 57.7 Å². The van der Waals surface area contributed by atoms with Gasteiger partial charge in [0.25, 0.3) is 5.91 Å². The van der Waals surface area contributed by atoms with E-state index in [-0.39, 0.29) is 27.4 Å². The summed E-state index contributed by atoms with van der Waals surface area (Å²) in [6.45, 7) is 8.54. The smallest absolute Gasteiger partial charge is 0.255 e. The van der Waals surface area contributed by atoms with Crippen molar-refractivity contribution in [2.75, 3.05) is 13.1 Å². The lowest BCUT2D eigenvalue weighted by molar-refractivity contribution is 0.0690. The summed E-state index contributed by atoms with van der Waals surface area (Å²) in [4.78, 5) is 15.0. The van der Waals surface area contributed by atoms with Crippen LogP contribution in [0.25, 0.3) is 0 Å². The van der Waals surface area contributed by atoms with E-state index in [1.807, 2.05) is 44.2 Å². The first-order chi connectivity index (χ1) is 13.2. The highest BCUT2D eigenvalue weighted by molar-refractivity contribution is 7.89. The van der Waals surface area contributed by atoms with E-state index >= 15 is 0 Å². The average Bonchev–Trinajstić information content (AvgIpc) is 2.67. The zero-order valence-corrected chi connectivity index (χ0v) is 18.3. The van der Waals surface area contributed by atoms with Crippen molar-refractivity contribution in [3.8, 4) is 0 Å². The summed E-state index contributed by atoms with van der Waals surface area (Å²) in [5.41, 5.74) is 1.19. The van der Waals surface area contributed by atoms with Crippen molar-refractivity contribution < 1.29 is 13.2 Å². The Morgan fingerprint density at radius 1 is 1.04 bits per heavy atom. The number of hydrogen-bond donors (Lipinski definition) is 0. The molecule has 0 aliphatic heterocycles. The molecule has 5 nitrogen and oxygen atoms in total. The van der Waals surface area contributed by atoms with E-state index in [1.165, 1.54) is 22.5 Å². The average molecular weight is 423 g/mol. The molecule has 0 heterocycles. The normalized spacial score (nSPS) is 11.8. The maximum atomic E-state index is 13.2. The number of benzene rings is 2. The lowest BCUT2D eigenvalue weighted by Crippen LogP contribution is -2.37. The minimum atomic E-state index is -3.67. The van der Waals surface area contributed by atoms with Gasteiger partial charge in [-0.3, -0.25) is 4.79 Å². The van der Waals surface area contributed by atoms with Crippen molar-refractivity contribution >= 4 is 27.5 Å². The van der Waals surface area contributed by atoms with Crippen LogP contribution in [0.5, 0.6) is 0 Å². The van der Waals surface area contributed by atoms with Gasteiger partial charge >= 0.3 is 0 Å². The molecule has 0 spiro atoms. The molecule has 0 aliphatic carbocycles. The number of halogens is 1. The Hall–Kier alpha value is -1.89. The first-order valence-electron chi connectivity index (χ1n) is 9.36. The van der Waals surface area contributed by atoms with Crippen molar-refractivity contribution in [2.24, 2.45) is 0 Å². The molecule has 0 radical (unpaired) electrons. The van der Waals surface area contributed by atoms with Gasteiger partial charge in [0.15, 0.2) is 0 Å². The Morgan fingerprint density at radius 2 is 1.64 bits per heavy atom. The number of amides is 1. The molecule has 0 N–H and O–H groups in total. The maximum absolute atomic E-state index is 13.2. The lowest BCUT2D eigenvalue weighted by Gasteiger charge is -2.28. The molecule has 0 saturated heterocycles. The largest absolute Gasteiger partial charge is 0.332 e. The van der Waals surface area contributed by atoms with E-state index in [1.54, 1.807) is 18.7 Å². The molecule has 0 unspecified atom stereocenters. The van der Waals surface area contributed by atoms with Crippen LogP contribution in [0.3, 0.4) is 0 Å². The van der Waals surface area contributed by atoms with Crippen LogP contribution in [0.1, 0.15) is 43.6 Å². The van der Waals surface area contributed by atoms with Gasteiger partial charge in [-0.1, -0.05) is 55.8 Å². The van der Waals surface area contributed by atoms with Gasteiger partial charge in [-0.25, -0.2) is 8.42 Å². The van der Waals surface area contributed by atoms with Crippen LogP contribution in [0, 0.1) is 0 Å². The molecule has 0 aliphatic rings. The third kappa shape index (κ3) is 4.93. The Labute approximate surface area is 173 Å². The van der Waals surface area contributed by atoms with E-state index in [4.69, 9.17) is 11.6 Å². The standard InChI is InChI=1S/C21H27ClN2O3S/c1-5-23(6-2)28(26,27)18-12-13-20(22)19(14-18)21(25)24(16(3)4)15-17-10-8-7-9-11-17/h7-14,16H,5-6,15H2,1-4H3. The predicted octanol–water partition coefficient (Wildman–Crippen LogP) is 4.42. The second kappa shape index (κ2) is 9.54. The molecular weight excluding hydrogens is 396 g/mol. The minimum absolute atomic E-state index is 0.0763. The molecule has 0 saturated carbocycles. The number of hydrogen-bond acceptors (Lipinski definition) is 3. The van der Waals surface area contributed by atoms with E-state index < -0.39 is 10.0 Å². The van der Waals surface area contributed by atoms with Crippen molar-refractivity contribution in [2.45, 2.75) is 45.2 Å². The molecule has 2 rings (SSSR count). The highest BCUT2D eigenvalue weighted by Crippen LogP contribution is 2.25. The van der Waals surface area contributed by atoms with Gasteiger partial charge in [0.2, 0.25) is 10.0 Å². The summed E-state index contributed by atoms with van der Waals surface area (Å²) in [5, 5.41) is 0.238. The van der Waals surface area contributed by atoms with E-state index in [0.717, 1.165) is 5.56 Å². The van der Waals surface area contributed by atoms with Gasteiger partial charge in [-0.05, 0) is 37.6 Å². The van der Waals surface area contributed by atoms with Crippen molar-refractivity contribution in [1.82, 2.24) is 9.21 Å². The van der Waals surface area contributed by atoms with Crippen LogP contribution in [0.15, 0.2) is 53.4 Å². The SMILES string of the molecule is CCN(CC)S(=O)(=O)c1ccc(Cl)c(C(=O)N(Cc2ccccc2)C(C)C)c1. The summed E-state index contributed by atoms with van der Waals surface area (Å²) >= 11 is 6.28. The third-order valence-electron chi connectivity index (χ3n) is 4.59. The van der Waals surface area contributed by atoms with Crippen LogP contribution < -0.4 is 0 Å². The fourth-order valence-electron chi connectivity index (χ4n) is 2.97. The van der Waals surface area contributed by atoms with Gasteiger partial charge in [-0.2, -0.15) is 4.31 Å². The monoisotopic (exact) mass is 422 g/mol. The molecule has 0 fully saturated rings. The molecule has 0 bridgehead atoms. The van der Waals surface area contributed by atoms with Gasteiger partial charge in [0.05, 0.1) is 15.5 Å². The fourth-order valence-corrected chi connectivity index (χ4v) is 4.65. The number of carbonyl (C=O) groups excluding carboxylic acids is 1. The molecule has 0 aromatic heterocycles. The van der Waals surface area contributed by atoms with Crippen LogP contribution in [-0.4, -0.2) is 42.7 Å². The summed E-state index contributed by atoms with van der Waals surface area (Å²) in [7, 11) is -3.67. The van der Waals surface area contributed by atoms with Crippen LogP contribution in [0.4, 0.5) is 0 Å². The van der Waals surface area contributed by atoms with Crippen LogP contribution in [0.2, 0.25) is 5.02 Å². The Bertz CT molecular complexity index is 911. The summed E-state index contributed by atoms with van der Waals surface area (Å²) < 4.78 is 27.0. The first-order valence-corrected chi connectivity index (χ1v) is 11.2. The fraction of sp³-hybridized carbons (Fsp3) is 0.381. The zero-order chi connectivity index (χ0) is 20.9. The molecule has 152 valence electrons. The van der Waals surface area contributed by atoms with Gasteiger partial charge in [-0.15, -0.1) is 0 Å². The number of nitrogens with zero attached hydrogens (tertiary/aromatic N) is 2. The van der Waals surface area contributed by atoms with Gasteiger partial charge in [0, 0.05) is 25.7 Å². The van der Waals surface area contributed by atoms with Crippen LogP contribution in [-0.2, 0) is 16.6 Å². The predicted molar refractivity (Wildman–Crippen MR) is 113 cm³/mol. The van der Waals surface area contributed by atoms with Crippen molar-refractivity contribution in [3.63, 3.8) is 0 Å². The third-order valence-corrected chi connectivity index (χ3v) is 6.97. The molecule has 2 aromatic rings. The van der Waals surface area contributed by atoms with E-state index in [2.05, 4.69) is 0 Å². The second-order valence-corrected chi connectivity index (χ2v) is 9.09. The summed E-state index contributed by atoms with van der Waals surface area (Å²) in [5.74, 6) is -0.291.